The third kappa shape index (κ3) is 1.28. The van der Waals surface area contributed by atoms with Crippen molar-refractivity contribution in [2.75, 3.05) is 0 Å². The van der Waals surface area contributed by atoms with Crippen LogP contribution >= 0.6 is 0 Å². The van der Waals surface area contributed by atoms with Gasteiger partial charge >= 0.3 is 0 Å². The Labute approximate surface area is 77.7 Å². The first-order chi connectivity index (χ1) is 6.11. The van der Waals surface area contributed by atoms with Crippen LogP contribution in [0.5, 0.6) is 0 Å². The van der Waals surface area contributed by atoms with Crippen molar-refractivity contribution in [1.29, 1.82) is 0 Å². The molecule has 1 saturated carbocycles. The van der Waals surface area contributed by atoms with E-state index in [-0.39, 0.29) is 5.92 Å². The average molecular weight is 178 g/mol. The lowest BCUT2D eigenvalue weighted by atomic mass is 10.1. The molecule has 3 nitrogen and oxygen atoms in total. The minimum Gasteiger partial charge on any atom is -0.300 e. The number of ketones is 1. The fraction of sp³-hybridized carbons (Fsp3) is 0.600. The number of carbonyl (C=O) groups excluding carboxylic acids is 1. The van der Waals surface area contributed by atoms with Crippen LogP contribution in [0.1, 0.15) is 30.5 Å². The van der Waals surface area contributed by atoms with Crippen molar-refractivity contribution in [3.63, 3.8) is 0 Å². The van der Waals surface area contributed by atoms with Gasteiger partial charge in [0.1, 0.15) is 5.78 Å². The lowest BCUT2D eigenvalue weighted by molar-refractivity contribution is -0.118. The number of hydrogen-bond donors (Lipinski definition) is 0. The van der Waals surface area contributed by atoms with E-state index >= 15 is 0 Å². The second-order valence-corrected chi connectivity index (χ2v) is 3.87. The molecule has 1 aromatic heterocycles. The fourth-order valence-corrected chi connectivity index (χ4v) is 1.87. The molecule has 1 heterocycles. The summed E-state index contributed by atoms with van der Waals surface area (Å²) in [5, 5.41) is 4.18. The quantitative estimate of drug-likeness (QED) is 0.686. The molecule has 1 aromatic rings. The van der Waals surface area contributed by atoms with Gasteiger partial charge in [-0.3, -0.25) is 9.48 Å². The van der Waals surface area contributed by atoms with E-state index < -0.39 is 0 Å². The molecule has 0 N–H and O–H groups in total. The standard InChI is InChI=1S/C10H14N2O/c1-6-10(5-11-12(6)3)9-4-8(9)7(2)13/h5,8-9H,4H2,1-3H3. The average Bonchev–Trinajstić information content (AvgIpc) is 2.78. The molecule has 2 rings (SSSR count). The summed E-state index contributed by atoms with van der Waals surface area (Å²) in [5.41, 5.74) is 2.44. The Balaban J connectivity index is 2.20. The van der Waals surface area contributed by atoms with Gasteiger partial charge in [0, 0.05) is 18.7 Å². The van der Waals surface area contributed by atoms with Gasteiger partial charge in [0.2, 0.25) is 0 Å². The molecule has 0 bridgehead atoms. The van der Waals surface area contributed by atoms with Crippen molar-refractivity contribution < 1.29 is 4.79 Å². The summed E-state index contributed by atoms with van der Waals surface area (Å²) in [6.45, 7) is 3.73. The van der Waals surface area contributed by atoms with E-state index in [0.717, 1.165) is 6.42 Å². The minimum atomic E-state index is 0.267. The van der Waals surface area contributed by atoms with E-state index in [1.54, 1.807) is 6.92 Å². The van der Waals surface area contributed by atoms with Gasteiger partial charge in [-0.15, -0.1) is 0 Å². The largest absolute Gasteiger partial charge is 0.300 e. The lowest BCUT2D eigenvalue weighted by Crippen LogP contribution is -1.97. The number of nitrogens with zero attached hydrogens (tertiary/aromatic N) is 2. The van der Waals surface area contributed by atoms with Crippen LogP contribution in [-0.2, 0) is 11.8 Å². The number of aryl methyl sites for hydroxylation is 1. The Hall–Kier alpha value is -1.12. The van der Waals surface area contributed by atoms with Gasteiger partial charge in [-0.2, -0.15) is 5.10 Å². The summed E-state index contributed by atoms with van der Waals surface area (Å²) in [4.78, 5) is 11.1. The van der Waals surface area contributed by atoms with Crippen LogP contribution in [0.25, 0.3) is 0 Å². The molecule has 13 heavy (non-hydrogen) atoms. The van der Waals surface area contributed by atoms with Crippen molar-refractivity contribution in [2.45, 2.75) is 26.2 Å². The molecule has 0 aliphatic heterocycles. The maximum atomic E-state index is 11.1. The Morgan fingerprint density at radius 2 is 2.38 bits per heavy atom. The zero-order chi connectivity index (χ0) is 9.59. The molecular formula is C10H14N2O. The van der Waals surface area contributed by atoms with Crippen molar-refractivity contribution >= 4 is 5.78 Å². The summed E-state index contributed by atoms with van der Waals surface area (Å²) in [6.07, 6.45) is 2.91. The van der Waals surface area contributed by atoms with E-state index in [9.17, 15) is 4.79 Å². The predicted molar refractivity (Wildman–Crippen MR) is 49.5 cm³/mol. The van der Waals surface area contributed by atoms with Crippen molar-refractivity contribution in [3.05, 3.63) is 17.5 Å². The number of aromatic nitrogens is 2. The third-order valence-corrected chi connectivity index (χ3v) is 2.99. The normalized spacial score (nSPS) is 26.1. The number of Topliss-reactive ketones (excluding diaryl/α,β-unsaturated/α-hetero) is 1. The summed E-state index contributed by atoms with van der Waals surface area (Å²) in [5.74, 6) is 1.03. The monoisotopic (exact) mass is 178 g/mol. The second kappa shape index (κ2) is 2.69. The molecule has 1 aliphatic carbocycles. The van der Waals surface area contributed by atoms with Gasteiger partial charge in [0.25, 0.3) is 0 Å². The van der Waals surface area contributed by atoms with Crippen molar-refractivity contribution in [1.82, 2.24) is 9.78 Å². The van der Waals surface area contributed by atoms with E-state index in [1.165, 1.54) is 11.3 Å². The van der Waals surface area contributed by atoms with Crippen LogP contribution in [-0.4, -0.2) is 15.6 Å². The highest BCUT2D eigenvalue weighted by molar-refractivity contribution is 5.82. The van der Waals surface area contributed by atoms with Crippen molar-refractivity contribution in [3.8, 4) is 0 Å². The minimum absolute atomic E-state index is 0.267. The van der Waals surface area contributed by atoms with Crippen molar-refractivity contribution in [2.24, 2.45) is 13.0 Å². The lowest BCUT2D eigenvalue weighted by Gasteiger charge is -1.97. The molecule has 0 amide bonds. The van der Waals surface area contributed by atoms with Crippen LogP contribution in [0.15, 0.2) is 6.20 Å². The van der Waals surface area contributed by atoms with Crippen LogP contribution in [0, 0.1) is 12.8 Å². The Morgan fingerprint density at radius 1 is 1.69 bits per heavy atom. The van der Waals surface area contributed by atoms with Gasteiger partial charge in [-0.25, -0.2) is 0 Å². The van der Waals surface area contributed by atoms with E-state index in [1.807, 2.05) is 17.9 Å². The van der Waals surface area contributed by atoms with Crippen LogP contribution in [0.2, 0.25) is 0 Å². The first-order valence-corrected chi connectivity index (χ1v) is 4.60. The van der Waals surface area contributed by atoms with Gasteiger partial charge < -0.3 is 0 Å². The molecule has 0 spiro atoms. The smallest absolute Gasteiger partial charge is 0.133 e. The topological polar surface area (TPSA) is 34.9 Å². The number of carbonyl (C=O) groups is 1. The van der Waals surface area contributed by atoms with Gasteiger partial charge in [0.15, 0.2) is 0 Å². The van der Waals surface area contributed by atoms with E-state index in [4.69, 9.17) is 0 Å². The van der Waals surface area contributed by atoms with Crippen LogP contribution in [0.3, 0.4) is 0 Å². The molecular weight excluding hydrogens is 164 g/mol. The Morgan fingerprint density at radius 3 is 2.77 bits per heavy atom. The summed E-state index contributed by atoms with van der Waals surface area (Å²) >= 11 is 0. The van der Waals surface area contributed by atoms with Crippen LogP contribution < -0.4 is 0 Å². The molecule has 1 fully saturated rings. The molecule has 1 aliphatic rings. The first kappa shape index (κ1) is 8.48. The zero-order valence-electron chi connectivity index (χ0n) is 8.24. The highest BCUT2D eigenvalue weighted by Gasteiger charge is 2.43. The Kier molecular flexibility index (Phi) is 1.75. The highest BCUT2D eigenvalue weighted by Crippen LogP contribution is 2.48. The summed E-state index contributed by atoms with van der Waals surface area (Å²) < 4.78 is 1.87. The molecule has 70 valence electrons. The molecule has 0 radical (unpaired) electrons. The van der Waals surface area contributed by atoms with Gasteiger partial charge in [-0.05, 0) is 31.7 Å². The predicted octanol–water partition coefficient (Wildman–Crippen LogP) is 1.42. The maximum Gasteiger partial charge on any atom is 0.133 e. The molecule has 3 heteroatoms. The molecule has 0 aromatic carbocycles. The van der Waals surface area contributed by atoms with Gasteiger partial charge in [-0.1, -0.05) is 0 Å². The van der Waals surface area contributed by atoms with E-state index in [2.05, 4.69) is 12.0 Å². The molecule has 2 unspecified atom stereocenters. The zero-order valence-corrected chi connectivity index (χ0v) is 8.24. The van der Waals surface area contributed by atoms with Crippen LogP contribution in [0.4, 0.5) is 0 Å². The van der Waals surface area contributed by atoms with Gasteiger partial charge in [0.05, 0.1) is 6.20 Å². The number of rotatable bonds is 2. The third-order valence-electron chi connectivity index (χ3n) is 2.99. The highest BCUT2D eigenvalue weighted by atomic mass is 16.1. The maximum absolute atomic E-state index is 11.1. The van der Waals surface area contributed by atoms with E-state index in [0.29, 0.717) is 11.7 Å². The molecule has 0 saturated heterocycles. The first-order valence-electron chi connectivity index (χ1n) is 4.60. The number of hydrogen-bond acceptors (Lipinski definition) is 2. The SMILES string of the molecule is CC(=O)C1CC1c1cnn(C)c1C. The molecule has 2 atom stereocenters. The Bertz CT molecular complexity index is 354. The summed E-state index contributed by atoms with van der Waals surface area (Å²) in [7, 11) is 1.93. The summed E-state index contributed by atoms with van der Waals surface area (Å²) in [6, 6.07) is 0. The second-order valence-electron chi connectivity index (χ2n) is 3.87. The fourth-order valence-electron chi connectivity index (χ4n) is 1.87.